The molecule has 0 aliphatic rings. The summed E-state index contributed by atoms with van der Waals surface area (Å²) in [6, 6.07) is 4.16. The number of halogens is 1. The van der Waals surface area contributed by atoms with Gasteiger partial charge < -0.3 is 10.5 Å². The molecule has 1 rings (SSSR count). The summed E-state index contributed by atoms with van der Waals surface area (Å²) in [5.41, 5.74) is 5.90. The first-order valence-corrected chi connectivity index (χ1v) is 6.72. The number of nitrogen functional groups attached to an aromatic ring is 1. The third-order valence-corrected chi connectivity index (χ3v) is 3.03. The Morgan fingerprint density at radius 3 is 2.72 bits per heavy atom. The van der Waals surface area contributed by atoms with Gasteiger partial charge in [0.1, 0.15) is 0 Å². The topological polar surface area (TPSA) is 111 Å². The molecule has 0 heterocycles. The van der Waals surface area contributed by atoms with Crippen LogP contribution in [0.4, 0.5) is 16.2 Å². The largest absolute Gasteiger partial charge is 0.449 e. The van der Waals surface area contributed by atoms with E-state index >= 15 is 0 Å². The van der Waals surface area contributed by atoms with E-state index in [-0.39, 0.29) is 18.0 Å². The number of nitrogens with two attached hydrogens (primary N) is 1. The van der Waals surface area contributed by atoms with Crippen LogP contribution in [0.5, 0.6) is 0 Å². The minimum atomic E-state index is -4.06. The fourth-order valence-electron chi connectivity index (χ4n) is 1.06. The SMILES string of the molecule is CCOC(=O)NS(=O)(=O)Nc1ccc(Cl)c(N)c1. The zero-order chi connectivity index (χ0) is 13.8. The van der Waals surface area contributed by atoms with Gasteiger partial charge in [-0.1, -0.05) is 11.6 Å². The number of hydrogen-bond donors (Lipinski definition) is 3. The fourth-order valence-corrected chi connectivity index (χ4v) is 1.94. The molecule has 100 valence electrons. The summed E-state index contributed by atoms with van der Waals surface area (Å²) >= 11 is 5.69. The first-order chi connectivity index (χ1) is 8.34. The van der Waals surface area contributed by atoms with Gasteiger partial charge in [0, 0.05) is 0 Å². The van der Waals surface area contributed by atoms with E-state index in [9.17, 15) is 13.2 Å². The van der Waals surface area contributed by atoms with Crippen molar-refractivity contribution in [2.24, 2.45) is 0 Å². The van der Waals surface area contributed by atoms with Gasteiger partial charge in [-0.25, -0.2) is 9.52 Å². The average molecular weight is 294 g/mol. The number of benzene rings is 1. The predicted molar refractivity (Wildman–Crippen MR) is 68.6 cm³/mol. The van der Waals surface area contributed by atoms with E-state index in [4.69, 9.17) is 17.3 Å². The number of rotatable bonds is 4. The van der Waals surface area contributed by atoms with E-state index in [1.54, 1.807) is 11.6 Å². The minimum absolute atomic E-state index is 0.0647. The molecule has 0 radical (unpaired) electrons. The third kappa shape index (κ3) is 4.30. The molecular weight excluding hydrogens is 282 g/mol. The summed E-state index contributed by atoms with van der Waals surface area (Å²) in [6.45, 7) is 1.62. The molecule has 0 aromatic heterocycles. The lowest BCUT2D eigenvalue weighted by molar-refractivity contribution is 0.159. The molecule has 1 aromatic rings. The molecule has 1 amide bonds. The molecule has 7 nitrogen and oxygen atoms in total. The van der Waals surface area contributed by atoms with Crippen molar-refractivity contribution >= 4 is 39.3 Å². The Hall–Kier alpha value is -1.67. The van der Waals surface area contributed by atoms with E-state index in [1.165, 1.54) is 18.2 Å². The van der Waals surface area contributed by atoms with E-state index in [0.29, 0.717) is 5.02 Å². The number of carbonyl (C=O) groups excluding carboxylic acids is 1. The second-order valence-corrected chi connectivity index (χ2v) is 4.99. The van der Waals surface area contributed by atoms with Crippen molar-refractivity contribution in [3.05, 3.63) is 23.2 Å². The van der Waals surface area contributed by atoms with Crippen LogP contribution >= 0.6 is 11.6 Å². The van der Waals surface area contributed by atoms with E-state index in [2.05, 4.69) is 9.46 Å². The number of amides is 1. The molecule has 9 heteroatoms. The molecule has 1 aromatic carbocycles. The molecule has 4 N–H and O–H groups in total. The van der Waals surface area contributed by atoms with Crippen LogP contribution in [0, 0.1) is 0 Å². The normalized spacial score (nSPS) is 10.8. The second-order valence-electron chi connectivity index (χ2n) is 3.16. The molecule has 0 saturated carbocycles. The molecule has 0 atom stereocenters. The number of ether oxygens (including phenoxy) is 1. The van der Waals surface area contributed by atoms with Crippen molar-refractivity contribution in [2.75, 3.05) is 17.1 Å². The Labute approximate surface area is 109 Å². The Morgan fingerprint density at radius 1 is 1.50 bits per heavy atom. The monoisotopic (exact) mass is 293 g/mol. The lowest BCUT2D eigenvalue weighted by atomic mass is 10.3. The summed E-state index contributed by atoms with van der Waals surface area (Å²) < 4.78 is 31.2. The standard InChI is InChI=1S/C9H12ClN3O4S/c1-2-17-9(14)13-18(15,16)12-6-3-4-7(10)8(11)5-6/h3-5,12H,2,11H2,1H3,(H,13,14). The number of carbonyl (C=O) groups is 1. The van der Waals surface area contributed by atoms with Crippen molar-refractivity contribution in [1.29, 1.82) is 0 Å². The molecule has 18 heavy (non-hydrogen) atoms. The highest BCUT2D eigenvalue weighted by Crippen LogP contribution is 2.22. The lowest BCUT2D eigenvalue weighted by Gasteiger charge is -2.09. The van der Waals surface area contributed by atoms with Crippen LogP contribution in [-0.2, 0) is 14.9 Å². The van der Waals surface area contributed by atoms with E-state index in [1.807, 2.05) is 0 Å². The van der Waals surface area contributed by atoms with Gasteiger partial charge >= 0.3 is 16.3 Å². The Kier molecular flexibility index (Phi) is 4.62. The maximum Gasteiger partial charge on any atom is 0.422 e. The smallest absolute Gasteiger partial charge is 0.422 e. The van der Waals surface area contributed by atoms with Crippen LogP contribution in [0.15, 0.2) is 18.2 Å². The van der Waals surface area contributed by atoms with Gasteiger partial charge in [0.05, 0.1) is 23.0 Å². The first-order valence-electron chi connectivity index (χ1n) is 4.86. The summed E-state index contributed by atoms with van der Waals surface area (Å²) in [6.07, 6.45) is -1.06. The van der Waals surface area contributed by atoms with Crippen LogP contribution < -0.4 is 15.2 Å². The maximum atomic E-state index is 11.5. The zero-order valence-corrected chi connectivity index (χ0v) is 11.0. The van der Waals surface area contributed by atoms with Gasteiger partial charge in [-0.3, -0.25) is 4.72 Å². The average Bonchev–Trinajstić information content (AvgIpc) is 2.22. The van der Waals surface area contributed by atoms with Crippen molar-refractivity contribution in [1.82, 2.24) is 4.72 Å². The molecule has 0 saturated heterocycles. The fraction of sp³-hybridized carbons (Fsp3) is 0.222. The van der Waals surface area contributed by atoms with Crippen LogP contribution in [0.3, 0.4) is 0 Å². The van der Waals surface area contributed by atoms with Gasteiger partial charge in [0.25, 0.3) is 0 Å². The van der Waals surface area contributed by atoms with E-state index < -0.39 is 16.3 Å². The van der Waals surface area contributed by atoms with Gasteiger partial charge in [0.2, 0.25) is 0 Å². The third-order valence-electron chi connectivity index (χ3n) is 1.74. The van der Waals surface area contributed by atoms with Crippen molar-refractivity contribution < 1.29 is 17.9 Å². The molecule has 0 fully saturated rings. The van der Waals surface area contributed by atoms with Crippen LogP contribution in [0.2, 0.25) is 5.02 Å². The second kappa shape index (κ2) is 5.78. The van der Waals surface area contributed by atoms with Gasteiger partial charge in [0.15, 0.2) is 0 Å². The minimum Gasteiger partial charge on any atom is -0.449 e. The van der Waals surface area contributed by atoms with Gasteiger partial charge in [-0.05, 0) is 25.1 Å². The molecule has 0 aliphatic carbocycles. The van der Waals surface area contributed by atoms with E-state index in [0.717, 1.165) is 0 Å². The Morgan fingerprint density at radius 2 is 2.17 bits per heavy atom. The first kappa shape index (κ1) is 14.4. The molecule has 0 spiro atoms. The van der Waals surface area contributed by atoms with Crippen molar-refractivity contribution in [3.63, 3.8) is 0 Å². The summed E-state index contributed by atoms with van der Waals surface area (Å²) in [7, 11) is -4.06. The van der Waals surface area contributed by atoms with Gasteiger partial charge in [-0.2, -0.15) is 8.42 Å². The Bertz CT molecular complexity index is 547. The summed E-state index contributed by atoms with van der Waals surface area (Å²) in [5, 5.41) is 0.302. The van der Waals surface area contributed by atoms with Crippen LogP contribution in [-0.4, -0.2) is 21.1 Å². The van der Waals surface area contributed by atoms with Crippen molar-refractivity contribution in [2.45, 2.75) is 6.92 Å². The lowest BCUT2D eigenvalue weighted by Crippen LogP contribution is -2.35. The number of anilines is 2. The van der Waals surface area contributed by atoms with Crippen LogP contribution in [0.1, 0.15) is 6.92 Å². The zero-order valence-electron chi connectivity index (χ0n) is 9.44. The van der Waals surface area contributed by atoms with Gasteiger partial charge in [-0.15, -0.1) is 0 Å². The summed E-state index contributed by atoms with van der Waals surface area (Å²) in [5.74, 6) is 0. The van der Waals surface area contributed by atoms with Crippen molar-refractivity contribution in [3.8, 4) is 0 Å². The Balaban J connectivity index is 2.76. The molecule has 0 aliphatic heterocycles. The number of hydrogen-bond acceptors (Lipinski definition) is 5. The molecule has 0 unspecified atom stereocenters. The highest BCUT2D eigenvalue weighted by atomic mass is 35.5. The summed E-state index contributed by atoms with van der Waals surface area (Å²) in [4.78, 5) is 11.0. The van der Waals surface area contributed by atoms with Crippen LogP contribution in [0.25, 0.3) is 0 Å². The maximum absolute atomic E-state index is 11.5. The molecular formula is C9H12ClN3O4S. The number of nitrogens with one attached hydrogen (secondary N) is 2. The quantitative estimate of drug-likeness (QED) is 0.725. The predicted octanol–water partition coefficient (Wildman–Crippen LogP) is 1.32. The molecule has 0 bridgehead atoms. The highest BCUT2D eigenvalue weighted by Gasteiger charge is 2.15. The highest BCUT2D eigenvalue weighted by molar-refractivity contribution is 7.91.